The Morgan fingerprint density at radius 3 is 2.64 bits per heavy atom. The highest BCUT2D eigenvalue weighted by atomic mass is 16.5. The van der Waals surface area contributed by atoms with E-state index in [1.807, 2.05) is 18.2 Å². The predicted octanol–water partition coefficient (Wildman–Crippen LogP) is 3.22. The maximum Gasteiger partial charge on any atom is 0.255 e. The van der Waals surface area contributed by atoms with Gasteiger partial charge in [-0.1, -0.05) is 12.1 Å². The molecule has 1 aliphatic heterocycles. The highest BCUT2D eigenvalue weighted by Gasteiger charge is 2.13. The first-order chi connectivity index (χ1) is 12.2. The molecule has 1 fully saturated rings. The van der Waals surface area contributed by atoms with Crippen molar-refractivity contribution in [2.75, 3.05) is 25.6 Å². The molecule has 0 saturated carbocycles. The first-order valence-corrected chi connectivity index (χ1v) is 8.60. The van der Waals surface area contributed by atoms with Crippen molar-refractivity contribution in [1.29, 1.82) is 0 Å². The van der Waals surface area contributed by atoms with E-state index < -0.39 is 0 Å². The molecule has 5 nitrogen and oxygen atoms in total. The first-order valence-electron chi connectivity index (χ1n) is 8.60. The summed E-state index contributed by atoms with van der Waals surface area (Å²) in [6, 6.07) is 15.5. The Morgan fingerprint density at radius 1 is 1.16 bits per heavy atom. The van der Waals surface area contributed by atoms with Crippen molar-refractivity contribution >= 4 is 11.6 Å². The average Bonchev–Trinajstić information content (AvgIpc) is 2.67. The number of ether oxygens (including phenoxy) is 2. The quantitative estimate of drug-likeness (QED) is 0.848. The van der Waals surface area contributed by atoms with E-state index in [0.717, 1.165) is 49.6 Å². The van der Waals surface area contributed by atoms with Crippen LogP contribution in [0.3, 0.4) is 0 Å². The zero-order valence-corrected chi connectivity index (χ0v) is 14.5. The summed E-state index contributed by atoms with van der Waals surface area (Å²) >= 11 is 0. The summed E-state index contributed by atoms with van der Waals surface area (Å²) in [5.41, 5.74) is 2.55. The van der Waals surface area contributed by atoms with E-state index in [9.17, 15) is 4.79 Å². The lowest BCUT2D eigenvalue weighted by atomic mass is 10.1. The Balaban J connectivity index is 1.57. The number of nitrogens with one attached hydrogen (secondary N) is 2. The van der Waals surface area contributed by atoms with Gasteiger partial charge in [-0.3, -0.25) is 4.79 Å². The van der Waals surface area contributed by atoms with Crippen LogP contribution in [0.15, 0.2) is 48.5 Å². The van der Waals surface area contributed by atoms with Gasteiger partial charge < -0.3 is 20.1 Å². The van der Waals surface area contributed by atoms with Gasteiger partial charge in [0.15, 0.2) is 0 Å². The van der Waals surface area contributed by atoms with Gasteiger partial charge >= 0.3 is 0 Å². The fraction of sp³-hybridized carbons (Fsp3) is 0.350. The molecule has 0 unspecified atom stereocenters. The Bertz CT molecular complexity index is 694. The van der Waals surface area contributed by atoms with E-state index in [2.05, 4.69) is 16.7 Å². The third-order valence-corrected chi connectivity index (χ3v) is 4.35. The minimum absolute atomic E-state index is 0.128. The number of rotatable bonds is 6. The van der Waals surface area contributed by atoms with Gasteiger partial charge in [-0.2, -0.15) is 0 Å². The smallest absolute Gasteiger partial charge is 0.255 e. The lowest BCUT2D eigenvalue weighted by Crippen LogP contribution is -2.34. The second kappa shape index (κ2) is 8.65. The Labute approximate surface area is 148 Å². The molecule has 1 amide bonds. The molecule has 0 bridgehead atoms. The van der Waals surface area contributed by atoms with Crippen LogP contribution in [0.5, 0.6) is 5.75 Å². The van der Waals surface area contributed by atoms with Crippen molar-refractivity contribution in [2.24, 2.45) is 0 Å². The molecule has 25 heavy (non-hydrogen) atoms. The first kappa shape index (κ1) is 17.5. The molecular weight excluding hydrogens is 316 g/mol. The molecule has 1 heterocycles. The molecule has 132 valence electrons. The molecule has 0 aliphatic carbocycles. The molecule has 0 radical (unpaired) electrons. The monoisotopic (exact) mass is 340 g/mol. The number of anilines is 1. The average molecular weight is 340 g/mol. The highest BCUT2D eigenvalue weighted by Crippen LogP contribution is 2.16. The number of hydrogen-bond acceptors (Lipinski definition) is 4. The summed E-state index contributed by atoms with van der Waals surface area (Å²) < 4.78 is 10.5. The SMILES string of the molecule is COc1ccc(C(=O)Nc2cccc(CNC3CCOCC3)c2)cc1. The highest BCUT2D eigenvalue weighted by molar-refractivity contribution is 6.04. The predicted molar refractivity (Wildman–Crippen MR) is 98.1 cm³/mol. The number of amides is 1. The van der Waals surface area contributed by atoms with Crippen LogP contribution in [-0.4, -0.2) is 32.3 Å². The fourth-order valence-corrected chi connectivity index (χ4v) is 2.87. The molecule has 0 spiro atoms. The van der Waals surface area contributed by atoms with Crippen molar-refractivity contribution in [2.45, 2.75) is 25.4 Å². The van der Waals surface area contributed by atoms with Crippen molar-refractivity contribution in [1.82, 2.24) is 5.32 Å². The van der Waals surface area contributed by atoms with Crippen LogP contribution in [-0.2, 0) is 11.3 Å². The summed E-state index contributed by atoms with van der Waals surface area (Å²) in [4.78, 5) is 12.3. The number of hydrogen-bond donors (Lipinski definition) is 2. The summed E-state index contributed by atoms with van der Waals surface area (Å²) in [7, 11) is 1.61. The summed E-state index contributed by atoms with van der Waals surface area (Å²) in [6.45, 7) is 2.45. The molecule has 2 aromatic rings. The van der Waals surface area contributed by atoms with Crippen LogP contribution in [0.2, 0.25) is 0 Å². The van der Waals surface area contributed by atoms with Gasteiger partial charge in [0.1, 0.15) is 5.75 Å². The molecule has 3 rings (SSSR count). The van der Waals surface area contributed by atoms with Crippen molar-refractivity contribution in [3.05, 3.63) is 59.7 Å². The van der Waals surface area contributed by atoms with E-state index in [4.69, 9.17) is 9.47 Å². The molecular formula is C20H24N2O3. The number of carbonyl (C=O) groups is 1. The van der Waals surface area contributed by atoms with Gasteiger partial charge in [-0.05, 0) is 54.8 Å². The van der Waals surface area contributed by atoms with Crippen LogP contribution in [0.25, 0.3) is 0 Å². The molecule has 2 N–H and O–H groups in total. The molecule has 2 aromatic carbocycles. The molecule has 5 heteroatoms. The normalized spacial score (nSPS) is 14.9. The fourth-order valence-electron chi connectivity index (χ4n) is 2.87. The van der Waals surface area contributed by atoms with Gasteiger partial charge in [0.2, 0.25) is 0 Å². The number of carbonyl (C=O) groups excluding carboxylic acids is 1. The zero-order chi connectivity index (χ0) is 17.5. The maximum absolute atomic E-state index is 12.3. The van der Waals surface area contributed by atoms with Gasteiger partial charge in [0.05, 0.1) is 7.11 Å². The minimum Gasteiger partial charge on any atom is -0.497 e. The molecule has 0 atom stereocenters. The van der Waals surface area contributed by atoms with Gasteiger partial charge in [-0.15, -0.1) is 0 Å². The summed E-state index contributed by atoms with van der Waals surface area (Å²) in [6.07, 6.45) is 2.10. The second-order valence-corrected chi connectivity index (χ2v) is 6.15. The lowest BCUT2D eigenvalue weighted by molar-refractivity contribution is 0.0776. The van der Waals surface area contributed by atoms with Crippen LogP contribution in [0, 0.1) is 0 Å². The van der Waals surface area contributed by atoms with E-state index >= 15 is 0 Å². The van der Waals surface area contributed by atoms with Crippen LogP contribution in [0.1, 0.15) is 28.8 Å². The van der Waals surface area contributed by atoms with E-state index in [0.29, 0.717) is 11.6 Å². The van der Waals surface area contributed by atoms with Crippen molar-refractivity contribution < 1.29 is 14.3 Å². The summed E-state index contributed by atoms with van der Waals surface area (Å²) in [5, 5.41) is 6.50. The topological polar surface area (TPSA) is 59.6 Å². The summed E-state index contributed by atoms with van der Waals surface area (Å²) in [5.74, 6) is 0.606. The molecule has 1 saturated heterocycles. The number of benzene rings is 2. The van der Waals surface area contributed by atoms with E-state index in [1.54, 1.807) is 31.4 Å². The third-order valence-electron chi connectivity index (χ3n) is 4.35. The van der Waals surface area contributed by atoms with Crippen LogP contribution < -0.4 is 15.4 Å². The second-order valence-electron chi connectivity index (χ2n) is 6.15. The van der Waals surface area contributed by atoms with Crippen LogP contribution >= 0.6 is 0 Å². The zero-order valence-electron chi connectivity index (χ0n) is 14.5. The van der Waals surface area contributed by atoms with Crippen LogP contribution in [0.4, 0.5) is 5.69 Å². The van der Waals surface area contributed by atoms with Crippen molar-refractivity contribution in [3.63, 3.8) is 0 Å². The molecule has 1 aliphatic rings. The maximum atomic E-state index is 12.3. The Kier molecular flexibility index (Phi) is 6.04. The minimum atomic E-state index is -0.128. The Hall–Kier alpha value is -2.37. The van der Waals surface area contributed by atoms with Crippen molar-refractivity contribution in [3.8, 4) is 5.75 Å². The van der Waals surface area contributed by atoms with Gasteiger partial charge in [0, 0.05) is 37.1 Å². The standard InChI is InChI=1S/C20H24N2O3/c1-24-19-7-5-16(6-8-19)20(23)22-18-4-2-3-15(13-18)14-21-17-9-11-25-12-10-17/h2-8,13,17,21H,9-12,14H2,1H3,(H,22,23). The molecule has 0 aromatic heterocycles. The largest absolute Gasteiger partial charge is 0.497 e. The lowest BCUT2D eigenvalue weighted by Gasteiger charge is -2.23. The number of methoxy groups -OCH3 is 1. The van der Waals surface area contributed by atoms with E-state index in [-0.39, 0.29) is 5.91 Å². The Morgan fingerprint density at radius 2 is 1.92 bits per heavy atom. The van der Waals surface area contributed by atoms with Gasteiger partial charge in [0.25, 0.3) is 5.91 Å². The van der Waals surface area contributed by atoms with E-state index in [1.165, 1.54) is 0 Å². The van der Waals surface area contributed by atoms with Gasteiger partial charge in [-0.25, -0.2) is 0 Å². The third kappa shape index (κ3) is 5.05.